The predicted octanol–water partition coefficient (Wildman–Crippen LogP) is -8.58. The summed E-state index contributed by atoms with van der Waals surface area (Å²) in [5.74, 6) is -0.712. The fraction of sp³-hybridized carbons (Fsp3) is 0.962. The van der Waals surface area contributed by atoms with Crippen LogP contribution in [0.5, 0.6) is 0 Å². The van der Waals surface area contributed by atoms with Crippen molar-refractivity contribution in [3.8, 4) is 0 Å². The van der Waals surface area contributed by atoms with Gasteiger partial charge in [-0.2, -0.15) is 0 Å². The maximum atomic E-state index is 12.0. The third kappa shape index (κ3) is 8.20. The highest BCUT2D eigenvalue weighted by Crippen LogP contribution is 2.33. The van der Waals surface area contributed by atoms with Crippen molar-refractivity contribution in [1.82, 2.24) is 5.32 Å². The van der Waals surface area contributed by atoms with Crippen LogP contribution in [0.4, 0.5) is 0 Å². The number of carbonyl (C=O) groups excluding carboxylic acids is 1. The summed E-state index contributed by atoms with van der Waals surface area (Å²) in [5, 5.41) is 126. The van der Waals surface area contributed by atoms with Crippen molar-refractivity contribution >= 4 is 5.91 Å². The van der Waals surface area contributed by atoms with E-state index in [9.17, 15) is 66.1 Å². The molecule has 1 unspecified atom stereocenters. The first-order valence-electron chi connectivity index (χ1n) is 14.9. The van der Waals surface area contributed by atoms with E-state index in [4.69, 9.17) is 33.2 Å². The van der Waals surface area contributed by atoms with Crippen LogP contribution in [0.25, 0.3) is 0 Å². The molecule has 0 aromatic carbocycles. The largest absolute Gasteiger partial charge is 0.394 e. The summed E-state index contributed by atoms with van der Waals surface area (Å²) in [6.45, 7) is 0.164. The number of aliphatic hydroxyl groups is 12. The lowest BCUT2D eigenvalue weighted by Crippen LogP contribution is -2.69. The Morgan fingerprint density at radius 1 is 0.596 bits per heavy atom. The van der Waals surface area contributed by atoms with Gasteiger partial charge in [-0.15, -0.1) is 0 Å². The molecule has 13 N–H and O–H groups in total. The zero-order valence-electron chi connectivity index (χ0n) is 25.3. The number of carbonyl (C=O) groups is 1. The molecular weight excluding hydrogens is 646 g/mol. The van der Waals surface area contributed by atoms with Gasteiger partial charge in [0.25, 0.3) is 0 Å². The van der Waals surface area contributed by atoms with Gasteiger partial charge in [-0.1, -0.05) is 0 Å². The summed E-state index contributed by atoms with van der Waals surface area (Å²) in [5.41, 5.74) is 0. The zero-order chi connectivity index (χ0) is 34.9. The minimum Gasteiger partial charge on any atom is -0.394 e. The van der Waals surface area contributed by atoms with Crippen LogP contribution in [-0.4, -0.2) is 210 Å². The van der Waals surface area contributed by atoms with Gasteiger partial charge in [0.2, 0.25) is 5.91 Å². The van der Waals surface area contributed by atoms with Crippen molar-refractivity contribution in [2.75, 3.05) is 19.8 Å². The van der Waals surface area contributed by atoms with Crippen LogP contribution in [0.2, 0.25) is 0 Å². The Balaban J connectivity index is 1.56. The Labute approximate surface area is 267 Å². The number of aliphatic hydroxyl groups excluding tert-OH is 12. The predicted molar refractivity (Wildman–Crippen MR) is 144 cm³/mol. The quantitative estimate of drug-likeness (QED) is 0.101. The van der Waals surface area contributed by atoms with Gasteiger partial charge < -0.3 is 99.8 Å². The number of amides is 1. The molecule has 4 aliphatic rings. The molecule has 0 saturated carbocycles. The molecule has 4 saturated heterocycles. The summed E-state index contributed by atoms with van der Waals surface area (Å²) in [6.07, 6.45) is -32.0. The van der Waals surface area contributed by atoms with E-state index in [1.54, 1.807) is 0 Å². The first-order chi connectivity index (χ1) is 22.1. The topological polar surface area (TPSA) is 336 Å². The van der Waals surface area contributed by atoms with E-state index in [-0.39, 0.29) is 0 Å². The highest BCUT2D eigenvalue weighted by Gasteiger charge is 2.54. The van der Waals surface area contributed by atoms with Gasteiger partial charge in [-0.05, 0) is 6.92 Å². The second-order valence-electron chi connectivity index (χ2n) is 11.9. The van der Waals surface area contributed by atoms with Gasteiger partial charge in [0.05, 0.1) is 25.9 Å². The molecule has 4 rings (SSSR count). The fourth-order valence-electron chi connectivity index (χ4n) is 5.76. The van der Waals surface area contributed by atoms with E-state index >= 15 is 0 Å². The zero-order valence-corrected chi connectivity index (χ0v) is 25.3. The van der Waals surface area contributed by atoms with Crippen LogP contribution in [-0.2, 0) is 38.0 Å². The molecule has 0 aromatic heterocycles. The second kappa shape index (κ2) is 16.2. The van der Waals surface area contributed by atoms with Crippen LogP contribution in [0.15, 0.2) is 0 Å². The molecule has 21 nitrogen and oxygen atoms in total. The number of ether oxygens (including phenoxy) is 7. The molecule has 1 amide bonds. The molecule has 47 heavy (non-hydrogen) atoms. The standard InChI is InChI=1S/C26H45NO20/c1-6-12(31)16(35)20(39)25(42-6)47-22-18(37)14(33)9(4-29)45-26(22)46-21-11(27-7(2)30)23(40)43-10(15(21)34)5-41-24-19(38)17(36)13(32)8(3-28)44-24/h6,8-26,28-29,31-40H,3-5H2,1-2H3,(H,27,30)/t6-,8+,9+,10+,11+,12+,13-,14-,15-,16+,17-,18-,19+,20-,21+,22+,23?,24+,25-,26-/m0/s1. The maximum Gasteiger partial charge on any atom is 0.217 e. The lowest BCUT2D eigenvalue weighted by Gasteiger charge is -2.49. The molecule has 0 aliphatic carbocycles. The summed E-state index contributed by atoms with van der Waals surface area (Å²) in [6, 6.07) is -1.54. The van der Waals surface area contributed by atoms with E-state index < -0.39 is 148 Å². The fourth-order valence-corrected chi connectivity index (χ4v) is 5.76. The number of hydrogen-bond donors (Lipinski definition) is 13. The lowest BCUT2D eigenvalue weighted by atomic mass is 9.95. The van der Waals surface area contributed by atoms with Crippen molar-refractivity contribution in [3.05, 3.63) is 0 Å². The van der Waals surface area contributed by atoms with Gasteiger partial charge >= 0.3 is 0 Å². The van der Waals surface area contributed by atoms with Gasteiger partial charge in [0.15, 0.2) is 25.2 Å². The highest BCUT2D eigenvalue weighted by atomic mass is 16.8. The van der Waals surface area contributed by atoms with Gasteiger partial charge in [0.1, 0.15) is 91.5 Å². The van der Waals surface area contributed by atoms with Crippen LogP contribution in [0.3, 0.4) is 0 Å². The minimum atomic E-state index is -1.92. The molecule has 4 fully saturated rings. The number of hydrogen-bond acceptors (Lipinski definition) is 20. The van der Waals surface area contributed by atoms with Crippen molar-refractivity contribution < 1.29 is 99.2 Å². The molecule has 4 heterocycles. The third-order valence-electron chi connectivity index (χ3n) is 8.55. The first kappa shape index (κ1) is 38.5. The normalized spacial score (nSPS) is 51.0. The SMILES string of the molecule is CC(=O)N[C@H]1C(O)O[C@H](CO[C@@H]2O[C@H](CO)[C@H](O)[C@H](O)[C@H]2O)[C@H](O)[C@@H]1O[C@@H]1O[C@H](CO)[C@H](O)[C@H](O)[C@H]1O[C@@H]1O[C@@H](C)[C@@H](O)[C@@H](O)[C@@H]1O. The van der Waals surface area contributed by atoms with E-state index in [0.717, 1.165) is 6.92 Å². The van der Waals surface area contributed by atoms with Crippen molar-refractivity contribution in [3.63, 3.8) is 0 Å². The molecule has 0 aromatic rings. The Kier molecular flexibility index (Phi) is 13.2. The second-order valence-corrected chi connectivity index (χ2v) is 11.9. The highest BCUT2D eigenvalue weighted by molar-refractivity contribution is 5.73. The number of nitrogens with one attached hydrogen (secondary N) is 1. The monoisotopic (exact) mass is 691 g/mol. The Bertz CT molecular complexity index is 1010. The van der Waals surface area contributed by atoms with E-state index in [1.807, 2.05) is 0 Å². The van der Waals surface area contributed by atoms with Gasteiger partial charge in [-0.25, -0.2) is 0 Å². The molecule has 21 heteroatoms. The van der Waals surface area contributed by atoms with E-state index in [1.165, 1.54) is 6.92 Å². The van der Waals surface area contributed by atoms with E-state index in [2.05, 4.69) is 5.32 Å². The summed E-state index contributed by atoms with van der Waals surface area (Å²) in [4.78, 5) is 12.0. The molecule has 274 valence electrons. The maximum absolute atomic E-state index is 12.0. The molecule has 0 bridgehead atoms. The molecular formula is C26H45NO20. The smallest absolute Gasteiger partial charge is 0.217 e. The van der Waals surface area contributed by atoms with Crippen LogP contribution in [0, 0.1) is 0 Å². The van der Waals surface area contributed by atoms with Crippen LogP contribution in [0.1, 0.15) is 13.8 Å². The average Bonchev–Trinajstić information content (AvgIpc) is 3.03. The minimum absolute atomic E-state index is 0.681. The number of rotatable bonds is 10. The molecule has 4 aliphatic heterocycles. The summed E-state index contributed by atoms with van der Waals surface area (Å²) >= 11 is 0. The molecule has 20 atom stereocenters. The molecule has 0 radical (unpaired) electrons. The van der Waals surface area contributed by atoms with Gasteiger partial charge in [0, 0.05) is 6.92 Å². The molecule has 0 spiro atoms. The third-order valence-corrected chi connectivity index (χ3v) is 8.55. The Morgan fingerprint density at radius 2 is 1.13 bits per heavy atom. The summed E-state index contributed by atoms with van der Waals surface area (Å²) in [7, 11) is 0. The van der Waals surface area contributed by atoms with Crippen LogP contribution >= 0.6 is 0 Å². The van der Waals surface area contributed by atoms with Crippen molar-refractivity contribution in [2.24, 2.45) is 0 Å². The Hall–Kier alpha value is -1.29. The first-order valence-corrected chi connectivity index (χ1v) is 14.9. The lowest BCUT2D eigenvalue weighted by molar-refractivity contribution is -0.381. The van der Waals surface area contributed by atoms with Crippen molar-refractivity contribution in [1.29, 1.82) is 0 Å². The van der Waals surface area contributed by atoms with Crippen molar-refractivity contribution in [2.45, 2.75) is 137 Å². The average molecular weight is 692 g/mol. The van der Waals surface area contributed by atoms with Gasteiger partial charge in [-0.3, -0.25) is 4.79 Å². The van der Waals surface area contributed by atoms with Crippen LogP contribution < -0.4 is 5.32 Å². The Morgan fingerprint density at radius 3 is 1.72 bits per heavy atom. The van der Waals surface area contributed by atoms with E-state index in [0.29, 0.717) is 0 Å². The summed E-state index contributed by atoms with van der Waals surface area (Å²) < 4.78 is 38.7.